The molecule has 146 valence electrons. The SMILES string of the molecule is CC(C)(C)CNCc1ccc(OC(=O)Oc2ccc3cc(Cl)ccc3c2)cc1. The smallest absolute Gasteiger partial charge is 0.395 e. The summed E-state index contributed by atoms with van der Waals surface area (Å²) in [6.45, 7) is 8.26. The summed E-state index contributed by atoms with van der Waals surface area (Å²) >= 11 is 5.98. The van der Waals surface area contributed by atoms with Crippen LogP contribution in [0.4, 0.5) is 4.79 Å². The molecule has 1 N–H and O–H groups in total. The minimum atomic E-state index is -0.771. The molecular formula is C23H24ClNO3. The highest BCUT2D eigenvalue weighted by atomic mass is 35.5. The van der Waals surface area contributed by atoms with Gasteiger partial charge < -0.3 is 14.8 Å². The Balaban J connectivity index is 1.55. The number of fused-ring (bicyclic) bond motifs is 1. The Morgan fingerprint density at radius 3 is 2.21 bits per heavy atom. The number of ether oxygens (including phenoxy) is 2. The van der Waals surface area contributed by atoms with E-state index in [0.29, 0.717) is 16.5 Å². The van der Waals surface area contributed by atoms with Crippen molar-refractivity contribution in [1.82, 2.24) is 5.32 Å². The summed E-state index contributed by atoms with van der Waals surface area (Å²) in [5.74, 6) is 0.861. The topological polar surface area (TPSA) is 47.6 Å². The van der Waals surface area contributed by atoms with Crippen LogP contribution in [0.2, 0.25) is 5.02 Å². The predicted molar refractivity (Wildman–Crippen MR) is 113 cm³/mol. The molecule has 3 aromatic carbocycles. The second-order valence-electron chi connectivity index (χ2n) is 7.92. The number of halogens is 1. The van der Waals surface area contributed by atoms with Crippen LogP contribution in [-0.2, 0) is 6.54 Å². The largest absolute Gasteiger partial charge is 0.519 e. The first-order chi connectivity index (χ1) is 13.3. The Bertz CT molecular complexity index is 962. The van der Waals surface area contributed by atoms with Gasteiger partial charge in [-0.3, -0.25) is 0 Å². The number of benzene rings is 3. The third-order valence-corrected chi connectivity index (χ3v) is 4.32. The zero-order chi connectivity index (χ0) is 20.1. The van der Waals surface area contributed by atoms with E-state index in [-0.39, 0.29) is 5.41 Å². The second-order valence-corrected chi connectivity index (χ2v) is 8.35. The standard InChI is InChI=1S/C23H24ClNO3/c1-23(2,3)15-25-14-16-4-9-20(10-5-16)27-22(26)28-21-11-7-17-12-19(24)8-6-18(17)13-21/h4-13,25H,14-15H2,1-3H3. The van der Waals surface area contributed by atoms with Gasteiger partial charge in [-0.1, -0.05) is 56.6 Å². The first-order valence-corrected chi connectivity index (χ1v) is 9.55. The highest BCUT2D eigenvalue weighted by Gasteiger charge is 2.10. The molecule has 0 amide bonds. The highest BCUT2D eigenvalue weighted by Crippen LogP contribution is 2.24. The first kappa shape index (κ1) is 20.2. The van der Waals surface area contributed by atoms with Gasteiger partial charge in [0.2, 0.25) is 0 Å². The van der Waals surface area contributed by atoms with E-state index in [1.54, 1.807) is 30.3 Å². The van der Waals surface area contributed by atoms with E-state index < -0.39 is 6.16 Å². The summed E-state index contributed by atoms with van der Waals surface area (Å²) in [7, 11) is 0. The van der Waals surface area contributed by atoms with Crippen LogP contribution >= 0.6 is 11.6 Å². The predicted octanol–water partition coefficient (Wildman–Crippen LogP) is 6.21. The quantitative estimate of drug-likeness (QED) is 0.411. The van der Waals surface area contributed by atoms with Crippen LogP contribution in [0, 0.1) is 5.41 Å². The maximum atomic E-state index is 12.1. The fourth-order valence-electron chi connectivity index (χ4n) is 2.73. The van der Waals surface area contributed by atoms with Gasteiger partial charge in [0.05, 0.1) is 0 Å². The zero-order valence-electron chi connectivity index (χ0n) is 16.3. The minimum absolute atomic E-state index is 0.238. The van der Waals surface area contributed by atoms with Crippen molar-refractivity contribution in [3.05, 3.63) is 71.2 Å². The molecule has 5 heteroatoms. The minimum Gasteiger partial charge on any atom is -0.395 e. The van der Waals surface area contributed by atoms with Crippen LogP contribution in [0.15, 0.2) is 60.7 Å². The number of carbonyl (C=O) groups is 1. The van der Waals surface area contributed by atoms with E-state index in [2.05, 4.69) is 26.1 Å². The maximum Gasteiger partial charge on any atom is 0.519 e. The van der Waals surface area contributed by atoms with Crippen molar-refractivity contribution in [2.24, 2.45) is 5.41 Å². The molecule has 0 spiro atoms. The van der Waals surface area contributed by atoms with E-state index in [1.807, 2.05) is 30.3 Å². The molecule has 3 aromatic rings. The van der Waals surface area contributed by atoms with Gasteiger partial charge in [-0.05, 0) is 58.1 Å². The van der Waals surface area contributed by atoms with Crippen molar-refractivity contribution < 1.29 is 14.3 Å². The van der Waals surface area contributed by atoms with Crippen LogP contribution in [0.5, 0.6) is 11.5 Å². The zero-order valence-corrected chi connectivity index (χ0v) is 17.0. The Morgan fingerprint density at radius 1 is 0.893 bits per heavy atom. The maximum absolute atomic E-state index is 12.1. The summed E-state index contributed by atoms with van der Waals surface area (Å²) in [6.07, 6.45) is -0.771. The molecule has 0 radical (unpaired) electrons. The molecule has 0 atom stereocenters. The Hall–Kier alpha value is -2.56. The number of carbonyl (C=O) groups excluding carboxylic acids is 1. The Morgan fingerprint density at radius 2 is 1.50 bits per heavy atom. The van der Waals surface area contributed by atoms with E-state index in [9.17, 15) is 4.79 Å². The molecule has 0 aromatic heterocycles. The van der Waals surface area contributed by atoms with Crippen LogP contribution in [0.3, 0.4) is 0 Å². The van der Waals surface area contributed by atoms with Crippen molar-refractivity contribution in [1.29, 1.82) is 0 Å². The van der Waals surface area contributed by atoms with Gasteiger partial charge in [-0.25, -0.2) is 4.79 Å². The summed E-state index contributed by atoms with van der Waals surface area (Å²) in [5.41, 5.74) is 1.36. The lowest BCUT2D eigenvalue weighted by atomic mass is 9.97. The van der Waals surface area contributed by atoms with Crippen molar-refractivity contribution in [2.75, 3.05) is 6.54 Å². The first-order valence-electron chi connectivity index (χ1n) is 9.17. The van der Waals surface area contributed by atoms with Gasteiger partial charge >= 0.3 is 6.16 Å². The number of rotatable bonds is 5. The van der Waals surface area contributed by atoms with Crippen LogP contribution in [0.1, 0.15) is 26.3 Å². The van der Waals surface area contributed by atoms with Crippen molar-refractivity contribution in [3.8, 4) is 11.5 Å². The molecule has 0 aliphatic carbocycles. The third kappa shape index (κ3) is 5.98. The monoisotopic (exact) mass is 397 g/mol. The lowest BCUT2D eigenvalue weighted by molar-refractivity contribution is 0.152. The molecule has 4 nitrogen and oxygen atoms in total. The number of hydrogen-bond donors (Lipinski definition) is 1. The molecular weight excluding hydrogens is 374 g/mol. The molecule has 0 fully saturated rings. The van der Waals surface area contributed by atoms with E-state index in [1.165, 1.54) is 0 Å². The molecule has 3 rings (SSSR count). The molecule has 0 aliphatic heterocycles. The molecule has 0 heterocycles. The van der Waals surface area contributed by atoms with Crippen molar-refractivity contribution in [3.63, 3.8) is 0 Å². The van der Waals surface area contributed by atoms with Crippen molar-refractivity contribution >= 4 is 28.5 Å². The van der Waals surface area contributed by atoms with Crippen LogP contribution < -0.4 is 14.8 Å². The van der Waals surface area contributed by atoms with Gasteiger partial charge in [-0.15, -0.1) is 0 Å². The van der Waals surface area contributed by atoms with E-state index in [4.69, 9.17) is 21.1 Å². The van der Waals surface area contributed by atoms with E-state index >= 15 is 0 Å². The lowest BCUT2D eigenvalue weighted by Gasteiger charge is -2.18. The highest BCUT2D eigenvalue weighted by molar-refractivity contribution is 6.31. The molecule has 0 saturated heterocycles. The summed E-state index contributed by atoms with van der Waals surface area (Å²) in [6, 6.07) is 18.2. The van der Waals surface area contributed by atoms with Gasteiger partial charge in [-0.2, -0.15) is 0 Å². The third-order valence-electron chi connectivity index (χ3n) is 4.08. The fraction of sp³-hybridized carbons (Fsp3) is 0.261. The lowest BCUT2D eigenvalue weighted by Crippen LogP contribution is -2.26. The summed E-state index contributed by atoms with van der Waals surface area (Å²) in [4.78, 5) is 12.1. The molecule has 0 unspecified atom stereocenters. The second kappa shape index (κ2) is 8.63. The Kier molecular flexibility index (Phi) is 6.22. The van der Waals surface area contributed by atoms with Gasteiger partial charge in [0.25, 0.3) is 0 Å². The van der Waals surface area contributed by atoms with Crippen LogP contribution in [0.25, 0.3) is 10.8 Å². The van der Waals surface area contributed by atoms with Crippen molar-refractivity contribution in [2.45, 2.75) is 27.3 Å². The summed E-state index contributed by atoms with van der Waals surface area (Å²) < 4.78 is 10.5. The molecule has 0 aliphatic rings. The number of hydrogen-bond acceptors (Lipinski definition) is 4. The van der Waals surface area contributed by atoms with E-state index in [0.717, 1.165) is 29.4 Å². The van der Waals surface area contributed by atoms with Crippen LogP contribution in [-0.4, -0.2) is 12.7 Å². The normalized spacial score (nSPS) is 11.4. The average molecular weight is 398 g/mol. The molecule has 0 bridgehead atoms. The van der Waals surface area contributed by atoms with Gasteiger partial charge in [0.1, 0.15) is 11.5 Å². The van der Waals surface area contributed by atoms with Gasteiger partial charge in [0, 0.05) is 18.1 Å². The average Bonchev–Trinajstić information content (AvgIpc) is 2.62. The Labute approximate surface area is 170 Å². The van der Waals surface area contributed by atoms with Gasteiger partial charge in [0.15, 0.2) is 0 Å². The molecule has 0 saturated carbocycles. The summed E-state index contributed by atoms with van der Waals surface area (Å²) in [5, 5.41) is 5.98. The fourth-order valence-corrected chi connectivity index (χ4v) is 2.91. The number of nitrogens with one attached hydrogen (secondary N) is 1. The molecule has 28 heavy (non-hydrogen) atoms.